The Hall–Kier alpha value is -2.93. The van der Waals surface area contributed by atoms with Crippen molar-refractivity contribution in [3.63, 3.8) is 0 Å². The minimum atomic E-state index is -0.454. The number of fused-ring (bicyclic) bond motifs is 1. The molecule has 29 heavy (non-hydrogen) atoms. The van der Waals surface area contributed by atoms with Crippen LogP contribution in [0, 0.1) is 6.92 Å². The van der Waals surface area contributed by atoms with E-state index in [2.05, 4.69) is 38.2 Å². The van der Waals surface area contributed by atoms with Crippen LogP contribution in [0.25, 0.3) is 11.4 Å². The van der Waals surface area contributed by atoms with E-state index in [1.54, 1.807) is 16.0 Å². The van der Waals surface area contributed by atoms with Crippen LogP contribution in [-0.4, -0.2) is 20.7 Å². The molecule has 1 aliphatic heterocycles. The second-order valence-electron chi connectivity index (χ2n) is 8.43. The number of primary amides is 1. The van der Waals surface area contributed by atoms with E-state index in [4.69, 9.17) is 15.8 Å². The van der Waals surface area contributed by atoms with Crippen LogP contribution in [0.15, 0.2) is 47.0 Å². The maximum atomic E-state index is 12.3. The normalized spacial score (nSPS) is 16.5. The second kappa shape index (κ2) is 6.84. The summed E-state index contributed by atoms with van der Waals surface area (Å²) in [5.74, 6) is 0.774. The summed E-state index contributed by atoms with van der Waals surface area (Å²) in [5, 5.41) is 9.98. The summed E-state index contributed by atoms with van der Waals surface area (Å²) < 4.78 is 1.78. The molecule has 0 saturated heterocycles. The fourth-order valence-electron chi connectivity index (χ4n) is 3.62. The van der Waals surface area contributed by atoms with Gasteiger partial charge in [0.1, 0.15) is 6.04 Å². The van der Waals surface area contributed by atoms with Crippen LogP contribution in [0.5, 0.6) is 0 Å². The Labute approximate surface area is 174 Å². The van der Waals surface area contributed by atoms with E-state index < -0.39 is 5.91 Å². The number of nitrogens with two attached hydrogens (primary N) is 1. The molecule has 0 saturated carbocycles. The number of carbonyl (C=O) groups excluding carboxylic acids is 1. The lowest BCUT2D eigenvalue weighted by Crippen LogP contribution is -2.31. The molecule has 4 rings (SSSR count). The van der Waals surface area contributed by atoms with Crippen LogP contribution in [-0.2, 0) is 10.2 Å². The summed E-state index contributed by atoms with van der Waals surface area (Å²) in [5.41, 5.74) is 10.3. The highest BCUT2D eigenvalue weighted by molar-refractivity contribution is 7.10. The van der Waals surface area contributed by atoms with Crippen LogP contribution in [0.4, 0.5) is 5.95 Å². The van der Waals surface area contributed by atoms with Crippen LogP contribution < -0.4 is 11.1 Å². The highest BCUT2D eigenvalue weighted by atomic mass is 32.1. The Morgan fingerprint density at radius 2 is 1.86 bits per heavy atom. The number of anilines is 1. The second-order valence-corrected chi connectivity index (χ2v) is 9.38. The van der Waals surface area contributed by atoms with Gasteiger partial charge in [0.25, 0.3) is 0 Å². The van der Waals surface area contributed by atoms with Gasteiger partial charge in [0, 0.05) is 16.1 Å². The standard InChI is InChI=1S/C22H25N5OS/c1-12-10-11-29-18(12)17-16(19(23)28)13(2)24-21-25-20(26-27(17)21)14-6-8-15(9-7-14)22(3,4)5/h6-11,17H,1-5H3,(H2,23,28)(H,24,25,26). The monoisotopic (exact) mass is 407 g/mol. The molecule has 3 N–H and O–H groups in total. The van der Waals surface area contributed by atoms with E-state index >= 15 is 0 Å². The molecular weight excluding hydrogens is 382 g/mol. The molecule has 1 aliphatic rings. The zero-order valence-corrected chi connectivity index (χ0v) is 18.1. The molecule has 3 heterocycles. The van der Waals surface area contributed by atoms with Crippen molar-refractivity contribution in [3.8, 4) is 11.4 Å². The number of hydrogen-bond donors (Lipinski definition) is 2. The van der Waals surface area contributed by atoms with Crippen LogP contribution in [0.3, 0.4) is 0 Å². The maximum Gasteiger partial charge on any atom is 0.248 e. The minimum Gasteiger partial charge on any atom is -0.366 e. The number of thiophene rings is 1. The molecule has 1 aromatic carbocycles. The van der Waals surface area contributed by atoms with Gasteiger partial charge in [-0.3, -0.25) is 4.79 Å². The fourth-order valence-corrected chi connectivity index (χ4v) is 4.64. The van der Waals surface area contributed by atoms with Crippen LogP contribution in [0.1, 0.15) is 49.7 Å². The van der Waals surface area contributed by atoms with Gasteiger partial charge in [0.2, 0.25) is 11.9 Å². The quantitative estimate of drug-likeness (QED) is 0.674. The van der Waals surface area contributed by atoms with E-state index in [0.717, 1.165) is 16.0 Å². The molecule has 1 amide bonds. The third-order valence-electron chi connectivity index (χ3n) is 5.28. The molecule has 1 unspecified atom stereocenters. The van der Waals surface area contributed by atoms with Gasteiger partial charge in [-0.05, 0) is 41.8 Å². The van der Waals surface area contributed by atoms with E-state index in [-0.39, 0.29) is 11.5 Å². The summed E-state index contributed by atoms with van der Waals surface area (Å²) in [6.45, 7) is 10.4. The smallest absolute Gasteiger partial charge is 0.248 e. The van der Waals surface area contributed by atoms with Crippen molar-refractivity contribution in [2.24, 2.45) is 5.73 Å². The molecule has 6 nitrogen and oxygen atoms in total. The number of nitrogens with zero attached hydrogens (tertiary/aromatic N) is 3. The molecule has 0 bridgehead atoms. The molecule has 2 aromatic heterocycles. The topological polar surface area (TPSA) is 85.8 Å². The van der Waals surface area contributed by atoms with Gasteiger partial charge in [-0.1, -0.05) is 45.0 Å². The molecule has 0 fully saturated rings. The zero-order chi connectivity index (χ0) is 20.9. The van der Waals surface area contributed by atoms with Gasteiger partial charge in [-0.2, -0.15) is 4.98 Å². The van der Waals surface area contributed by atoms with E-state index in [1.165, 1.54) is 5.56 Å². The van der Waals surface area contributed by atoms with Gasteiger partial charge in [0.15, 0.2) is 5.82 Å². The number of hydrogen-bond acceptors (Lipinski definition) is 5. The lowest BCUT2D eigenvalue weighted by atomic mass is 9.87. The lowest BCUT2D eigenvalue weighted by molar-refractivity contribution is -0.115. The first-order valence-electron chi connectivity index (χ1n) is 9.56. The number of aryl methyl sites for hydroxylation is 1. The van der Waals surface area contributed by atoms with Crippen molar-refractivity contribution in [2.45, 2.75) is 46.1 Å². The van der Waals surface area contributed by atoms with Crippen LogP contribution >= 0.6 is 11.3 Å². The van der Waals surface area contributed by atoms with Gasteiger partial charge in [-0.25, -0.2) is 4.68 Å². The lowest BCUT2D eigenvalue weighted by Gasteiger charge is -2.27. The molecule has 0 radical (unpaired) electrons. The summed E-state index contributed by atoms with van der Waals surface area (Å²) in [4.78, 5) is 18.0. The Morgan fingerprint density at radius 3 is 2.41 bits per heavy atom. The highest BCUT2D eigenvalue weighted by Gasteiger charge is 2.34. The summed E-state index contributed by atoms with van der Waals surface area (Å²) in [6, 6.07) is 9.98. The predicted octanol–water partition coefficient (Wildman–Crippen LogP) is 4.39. The van der Waals surface area contributed by atoms with Gasteiger partial charge in [0.05, 0.1) is 5.57 Å². The molecule has 150 valence electrons. The Bertz CT molecular complexity index is 1120. The Kier molecular flexibility index (Phi) is 4.58. The molecule has 0 spiro atoms. The van der Waals surface area contributed by atoms with Crippen molar-refractivity contribution in [1.82, 2.24) is 14.8 Å². The van der Waals surface area contributed by atoms with Crippen LogP contribution in [0.2, 0.25) is 0 Å². The first-order chi connectivity index (χ1) is 13.7. The Balaban J connectivity index is 1.81. The van der Waals surface area contributed by atoms with Crippen molar-refractivity contribution in [2.75, 3.05) is 5.32 Å². The SMILES string of the molecule is CC1=C(C(N)=O)C(c2sccc2C)n2nc(-c3ccc(C(C)(C)C)cc3)nc2N1. The first kappa shape index (κ1) is 19.4. The number of benzene rings is 1. The molecule has 1 atom stereocenters. The third kappa shape index (κ3) is 3.35. The molecule has 0 aliphatic carbocycles. The van der Waals surface area contributed by atoms with Crippen molar-refractivity contribution >= 4 is 23.2 Å². The molecule has 3 aromatic rings. The van der Waals surface area contributed by atoms with Crippen molar-refractivity contribution in [1.29, 1.82) is 0 Å². The summed E-state index contributed by atoms with van der Waals surface area (Å²) in [6.07, 6.45) is 0. The number of amides is 1. The number of rotatable bonds is 3. The van der Waals surface area contributed by atoms with Gasteiger partial charge in [-0.15, -0.1) is 16.4 Å². The summed E-state index contributed by atoms with van der Waals surface area (Å²) >= 11 is 1.59. The first-order valence-corrected chi connectivity index (χ1v) is 10.4. The van der Waals surface area contributed by atoms with Crippen molar-refractivity contribution < 1.29 is 4.79 Å². The fraction of sp³-hybridized carbons (Fsp3) is 0.318. The number of nitrogens with one attached hydrogen (secondary N) is 1. The average molecular weight is 408 g/mol. The van der Waals surface area contributed by atoms with E-state index in [9.17, 15) is 4.79 Å². The number of aromatic nitrogens is 3. The molecular formula is C22H25N5OS. The minimum absolute atomic E-state index is 0.0835. The maximum absolute atomic E-state index is 12.3. The van der Waals surface area contributed by atoms with E-state index in [1.807, 2.05) is 37.4 Å². The number of allylic oxidation sites excluding steroid dienone is 1. The largest absolute Gasteiger partial charge is 0.366 e. The predicted molar refractivity (Wildman–Crippen MR) is 117 cm³/mol. The zero-order valence-electron chi connectivity index (χ0n) is 17.3. The Morgan fingerprint density at radius 1 is 1.17 bits per heavy atom. The van der Waals surface area contributed by atoms with Crippen molar-refractivity contribution in [3.05, 3.63) is 63.0 Å². The van der Waals surface area contributed by atoms with Gasteiger partial charge < -0.3 is 11.1 Å². The average Bonchev–Trinajstić information content (AvgIpc) is 3.25. The van der Waals surface area contributed by atoms with E-state index in [0.29, 0.717) is 23.0 Å². The number of carbonyl (C=O) groups is 1. The molecule has 7 heteroatoms. The van der Waals surface area contributed by atoms with Gasteiger partial charge >= 0.3 is 0 Å². The highest BCUT2D eigenvalue weighted by Crippen LogP contribution is 2.39. The summed E-state index contributed by atoms with van der Waals surface area (Å²) in [7, 11) is 0. The third-order valence-corrected chi connectivity index (χ3v) is 6.35.